The van der Waals surface area contributed by atoms with Crippen LogP contribution in [0.3, 0.4) is 0 Å². The maximum Gasteiger partial charge on any atom is 0.266 e. The van der Waals surface area contributed by atoms with Crippen molar-refractivity contribution >= 4 is 45.0 Å². The number of likely N-dealkylation sites (N-methyl/N-ethyl adjacent to an activating group) is 1. The molecule has 0 saturated carbocycles. The number of fused-ring (bicyclic) bond motifs is 1. The molecule has 34 heavy (non-hydrogen) atoms. The number of hydrogen-bond acceptors (Lipinski definition) is 7. The van der Waals surface area contributed by atoms with E-state index < -0.39 is 0 Å². The quantitative estimate of drug-likeness (QED) is 0.314. The van der Waals surface area contributed by atoms with Gasteiger partial charge in [0.2, 0.25) is 0 Å². The van der Waals surface area contributed by atoms with Crippen LogP contribution < -0.4 is 19.1 Å². The number of carbonyl (C=O) groups excluding carboxylic acids is 1. The Morgan fingerprint density at radius 3 is 2.06 bits per heavy atom. The molecule has 0 fully saturated rings. The van der Waals surface area contributed by atoms with Gasteiger partial charge in [0.25, 0.3) is 5.91 Å². The van der Waals surface area contributed by atoms with Crippen LogP contribution in [0, 0.1) is 0 Å². The monoisotopic (exact) mass is 507 g/mol. The summed E-state index contributed by atoms with van der Waals surface area (Å²) in [6.45, 7) is 12.5. The smallest absolute Gasteiger partial charge is 0.266 e. The predicted molar refractivity (Wildman–Crippen MR) is 141 cm³/mol. The zero-order valence-electron chi connectivity index (χ0n) is 20.3. The van der Waals surface area contributed by atoms with Gasteiger partial charge in [-0.1, -0.05) is 25.2 Å². The number of amides is 1. The summed E-state index contributed by atoms with van der Waals surface area (Å²) < 4.78 is 17.8. The van der Waals surface area contributed by atoms with E-state index in [2.05, 4.69) is 18.7 Å². The molecule has 3 rings (SSSR count). The molecule has 0 radical (unpaired) electrons. The molecule has 0 N–H and O–H groups in total. The van der Waals surface area contributed by atoms with Crippen molar-refractivity contribution in [2.24, 2.45) is 0 Å². The molecule has 1 heterocycles. The van der Waals surface area contributed by atoms with E-state index in [1.54, 1.807) is 4.90 Å². The van der Waals surface area contributed by atoms with Crippen LogP contribution in [-0.4, -0.2) is 61.8 Å². The Morgan fingerprint density at radius 1 is 0.853 bits per heavy atom. The first kappa shape index (κ1) is 27.7. The molecule has 0 bridgehead atoms. The van der Waals surface area contributed by atoms with Gasteiger partial charge in [0.15, 0.2) is 11.7 Å². The number of hydrogen-bond donors (Lipinski definition) is 0. The fraction of sp³-hybridized carbons (Fsp3) is 0.440. The topological polar surface area (TPSA) is 64.1 Å². The molecule has 2 aromatic carbocycles. The highest BCUT2D eigenvalue weighted by molar-refractivity contribution is 7.22. The van der Waals surface area contributed by atoms with E-state index in [9.17, 15) is 4.79 Å². The summed E-state index contributed by atoms with van der Waals surface area (Å²) in [4.78, 5) is 22.0. The maximum atomic E-state index is 13.2. The van der Waals surface area contributed by atoms with Gasteiger partial charge in [-0.05, 0) is 69.4 Å². The van der Waals surface area contributed by atoms with Crippen LogP contribution in [0.1, 0.15) is 27.7 Å². The second-order valence-electron chi connectivity index (χ2n) is 7.32. The molecule has 0 aliphatic rings. The van der Waals surface area contributed by atoms with Gasteiger partial charge in [0.1, 0.15) is 17.2 Å². The largest absolute Gasteiger partial charge is 0.494 e. The first-order chi connectivity index (χ1) is 16.1. The first-order valence-electron chi connectivity index (χ1n) is 11.5. The summed E-state index contributed by atoms with van der Waals surface area (Å²) in [5.74, 6) is 2.08. The number of benzene rings is 2. The molecular formula is C25H34ClN3O4S. The summed E-state index contributed by atoms with van der Waals surface area (Å²) in [7, 11) is 0. The third kappa shape index (κ3) is 7.48. The van der Waals surface area contributed by atoms with Crippen LogP contribution in [0.2, 0.25) is 0 Å². The number of ether oxygens (including phenoxy) is 3. The van der Waals surface area contributed by atoms with Gasteiger partial charge in [0, 0.05) is 13.1 Å². The normalized spacial score (nSPS) is 10.7. The van der Waals surface area contributed by atoms with E-state index in [1.165, 1.54) is 11.3 Å². The van der Waals surface area contributed by atoms with Crippen molar-refractivity contribution in [1.82, 2.24) is 9.88 Å². The van der Waals surface area contributed by atoms with Gasteiger partial charge in [-0.2, -0.15) is 0 Å². The van der Waals surface area contributed by atoms with Crippen molar-refractivity contribution in [3.8, 4) is 17.2 Å². The van der Waals surface area contributed by atoms with Crippen LogP contribution in [0.25, 0.3) is 10.2 Å². The van der Waals surface area contributed by atoms with Gasteiger partial charge >= 0.3 is 0 Å². The second kappa shape index (κ2) is 14.0. The van der Waals surface area contributed by atoms with Crippen molar-refractivity contribution in [2.45, 2.75) is 27.7 Å². The van der Waals surface area contributed by atoms with E-state index in [0.29, 0.717) is 30.6 Å². The van der Waals surface area contributed by atoms with Crippen LogP contribution in [0.15, 0.2) is 42.5 Å². The minimum atomic E-state index is -0.125. The van der Waals surface area contributed by atoms with Crippen LogP contribution in [0.4, 0.5) is 5.13 Å². The van der Waals surface area contributed by atoms with Crippen molar-refractivity contribution in [3.63, 3.8) is 0 Å². The summed E-state index contributed by atoms with van der Waals surface area (Å²) in [5, 5.41) is 0.672. The van der Waals surface area contributed by atoms with E-state index in [4.69, 9.17) is 19.2 Å². The second-order valence-corrected chi connectivity index (χ2v) is 8.33. The lowest BCUT2D eigenvalue weighted by molar-refractivity contribution is -0.120. The lowest BCUT2D eigenvalue weighted by atomic mass is 10.3. The van der Waals surface area contributed by atoms with Gasteiger partial charge < -0.3 is 19.1 Å². The van der Waals surface area contributed by atoms with Crippen LogP contribution >= 0.6 is 23.7 Å². The van der Waals surface area contributed by atoms with Crippen molar-refractivity contribution < 1.29 is 19.0 Å². The number of halogens is 1. The molecule has 186 valence electrons. The zero-order chi connectivity index (χ0) is 23.6. The Hall–Kier alpha value is -2.55. The highest BCUT2D eigenvalue weighted by Gasteiger charge is 2.21. The fourth-order valence-electron chi connectivity index (χ4n) is 3.39. The average Bonchev–Trinajstić information content (AvgIpc) is 3.24. The molecule has 1 aromatic heterocycles. The zero-order valence-corrected chi connectivity index (χ0v) is 21.9. The van der Waals surface area contributed by atoms with E-state index in [0.717, 1.165) is 41.3 Å². The maximum absolute atomic E-state index is 13.2. The molecule has 0 saturated heterocycles. The summed E-state index contributed by atoms with van der Waals surface area (Å²) in [6.07, 6.45) is 0. The van der Waals surface area contributed by atoms with Crippen LogP contribution in [-0.2, 0) is 4.79 Å². The average molecular weight is 508 g/mol. The standard InChI is InChI=1S/C25H33N3O4S.ClH/c1-5-27(6-2)15-16-28(24(29)18-32-20-11-9-19(10-12-20)30-7-3)25-26-22-14-13-21(31-8-4)17-23(22)33-25;/h9-14,17H,5-8,15-16,18H2,1-4H3;1H. The molecule has 3 aromatic rings. The lowest BCUT2D eigenvalue weighted by Crippen LogP contribution is -2.41. The van der Waals surface area contributed by atoms with Crippen molar-refractivity contribution in [2.75, 3.05) is 50.9 Å². The highest BCUT2D eigenvalue weighted by Crippen LogP contribution is 2.31. The number of aromatic nitrogens is 1. The highest BCUT2D eigenvalue weighted by atomic mass is 35.5. The van der Waals surface area contributed by atoms with Crippen molar-refractivity contribution in [1.29, 1.82) is 0 Å². The number of thiazole rings is 1. The molecule has 7 nitrogen and oxygen atoms in total. The third-order valence-electron chi connectivity index (χ3n) is 5.22. The molecule has 1 amide bonds. The summed E-state index contributed by atoms with van der Waals surface area (Å²) in [6, 6.07) is 13.1. The molecule has 0 aliphatic carbocycles. The Bertz CT molecular complexity index is 1020. The Balaban J connectivity index is 0.00000408. The third-order valence-corrected chi connectivity index (χ3v) is 6.26. The molecule has 0 unspecified atom stereocenters. The minimum absolute atomic E-state index is 0. The van der Waals surface area contributed by atoms with E-state index >= 15 is 0 Å². The Morgan fingerprint density at radius 2 is 1.44 bits per heavy atom. The Labute approximate surface area is 212 Å². The fourth-order valence-corrected chi connectivity index (χ4v) is 4.43. The molecule has 9 heteroatoms. The minimum Gasteiger partial charge on any atom is -0.494 e. The molecular weight excluding hydrogens is 474 g/mol. The molecule has 0 aliphatic heterocycles. The van der Waals surface area contributed by atoms with E-state index in [-0.39, 0.29) is 24.9 Å². The Kier molecular flexibility index (Phi) is 11.4. The van der Waals surface area contributed by atoms with Gasteiger partial charge in [-0.3, -0.25) is 9.69 Å². The van der Waals surface area contributed by atoms with Gasteiger partial charge in [0.05, 0.1) is 23.4 Å². The van der Waals surface area contributed by atoms with Crippen LogP contribution in [0.5, 0.6) is 17.2 Å². The SMILES string of the molecule is CCOc1ccc(OCC(=O)N(CCN(CC)CC)c2nc3ccc(OCC)cc3s2)cc1.Cl. The number of carbonyl (C=O) groups is 1. The predicted octanol–water partition coefficient (Wildman–Crippen LogP) is 5.27. The first-order valence-corrected chi connectivity index (χ1v) is 12.3. The number of rotatable bonds is 13. The van der Waals surface area contributed by atoms with Gasteiger partial charge in [-0.15, -0.1) is 12.4 Å². The van der Waals surface area contributed by atoms with E-state index in [1.807, 2.05) is 56.3 Å². The summed E-state index contributed by atoms with van der Waals surface area (Å²) >= 11 is 1.49. The summed E-state index contributed by atoms with van der Waals surface area (Å²) in [5.41, 5.74) is 0.853. The number of anilines is 1. The van der Waals surface area contributed by atoms with Gasteiger partial charge in [-0.25, -0.2) is 4.98 Å². The molecule has 0 atom stereocenters. The van der Waals surface area contributed by atoms with Crippen molar-refractivity contribution in [3.05, 3.63) is 42.5 Å². The lowest BCUT2D eigenvalue weighted by Gasteiger charge is -2.24. The number of nitrogens with zero attached hydrogens (tertiary/aromatic N) is 3. The molecule has 0 spiro atoms.